The highest BCUT2D eigenvalue weighted by atomic mass is 19.1. The van der Waals surface area contributed by atoms with Crippen LogP contribution in [-0.2, 0) is 5.41 Å². The van der Waals surface area contributed by atoms with Gasteiger partial charge >= 0.3 is 0 Å². The second-order valence-corrected chi connectivity index (χ2v) is 24.8. The van der Waals surface area contributed by atoms with E-state index in [1.54, 1.807) is 12.1 Å². The molecule has 7 heteroatoms. The zero-order valence-corrected chi connectivity index (χ0v) is 47.6. The molecule has 0 aromatic heterocycles. The monoisotopic (exact) mass is 1120 g/mol. The van der Waals surface area contributed by atoms with E-state index >= 15 is 17.6 Å². The van der Waals surface area contributed by atoms with Crippen LogP contribution in [0.1, 0.15) is 85.5 Å². The van der Waals surface area contributed by atoms with E-state index in [1.807, 2.05) is 40.2 Å². The third-order valence-corrected chi connectivity index (χ3v) is 20.7. The van der Waals surface area contributed by atoms with Crippen LogP contribution in [0.4, 0.5) is 34.6 Å². The number of hydrogen-bond acceptors (Lipinski definition) is 3. The lowest BCUT2D eigenvalue weighted by molar-refractivity contribution is 0.113. The molecule has 3 nitrogen and oxygen atoms in total. The number of benzene rings is 4. The third kappa shape index (κ3) is 8.49. The first-order chi connectivity index (χ1) is 41.7. The summed E-state index contributed by atoms with van der Waals surface area (Å²) < 4.78 is 70.8. The molecule has 0 amide bonds. The molecule has 4 aromatic carbocycles. The van der Waals surface area contributed by atoms with Crippen LogP contribution < -0.4 is 14.5 Å². The summed E-state index contributed by atoms with van der Waals surface area (Å²) in [5.41, 5.74) is 12.6. The van der Waals surface area contributed by atoms with Crippen molar-refractivity contribution in [3.8, 4) is 5.75 Å². The van der Waals surface area contributed by atoms with Gasteiger partial charge in [-0.3, -0.25) is 0 Å². The molecule has 0 radical (unpaired) electrons. The Labute approximate surface area is 497 Å². The summed E-state index contributed by atoms with van der Waals surface area (Å²) in [7, 11) is 0. The lowest BCUT2D eigenvalue weighted by atomic mass is 9.53. The van der Waals surface area contributed by atoms with Crippen LogP contribution >= 0.6 is 0 Å². The first-order valence-corrected chi connectivity index (χ1v) is 30.7. The Balaban J connectivity index is 0.860. The standard InChI is InChI=1S/C78H68F4N2O/c1-3-49-23-27-53(28-24-49)77(51-15-7-5-8-16-51)67-21-13-11-19-61(67)63-37-33-59(47-69(63)77)83(73-39-31-55(79)43-71(73)81)57-35-41-75-65(45-57)66-46-58(36-42-76(66)85-75)84(74-40-32-56(80)44-72(74)82)60-34-38-64-62-20-12-14-22-68(62)78(70(64)48-60,52-17-9-6-10-18-52)54-29-25-50(4-2)26-30-54/h3-13,15-17,19-21,25-27,29,31-42,44-49,52,54-55,61,64,66-67,70,76H,1-2,14,18,22-24,28,30,43H2. The molecule has 0 saturated heterocycles. The average Bonchev–Trinajstić information content (AvgIpc) is 2.14. The van der Waals surface area contributed by atoms with Crippen LogP contribution in [0.2, 0.25) is 0 Å². The molecule has 1 aliphatic heterocycles. The molecule has 12 unspecified atom stereocenters. The largest absolute Gasteiger partial charge is 0.485 e. The van der Waals surface area contributed by atoms with E-state index in [0.717, 1.165) is 73.5 Å². The molecule has 0 N–H and O–H groups in total. The summed E-state index contributed by atoms with van der Waals surface area (Å²) in [5, 5.41) is 0. The van der Waals surface area contributed by atoms with Crippen molar-refractivity contribution in [2.45, 2.75) is 80.9 Å². The van der Waals surface area contributed by atoms with Crippen molar-refractivity contribution in [1.29, 1.82) is 0 Å². The van der Waals surface area contributed by atoms with Crippen molar-refractivity contribution in [2.24, 2.45) is 40.9 Å². The first-order valence-electron chi connectivity index (χ1n) is 30.7. The van der Waals surface area contributed by atoms with E-state index in [2.05, 4.69) is 183 Å². The SMILES string of the molecule is C=CC1=CCC(C2(C3C=CC=CC3)C3=C(C=CCC3)C3C=CC(N(C4=CC5c6cc(N(C7=C(F)CC(F)C=C7)c7ccc8c(c7)C(C7=CCC(C=C)CC7)(c7ccccc7)C7C=CC=CC87)ccc6OC5C=C4)c4ccc(F)cc4F)=CC32)C=C1. The maximum atomic E-state index is 16.9. The van der Waals surface area contributed by atoms with Gasteiger partial charge in [0.1, 0.15) is 35.5 Å². The molecule has 85 heavy (non-hydrogen) atoms. The number of anilines is 3. The summed E-state index contributed by atoms with van der Waals surface area (Å²) in [6, 6.07) is 27.4. The Morgan fingerprint density at radius 1 is 0.635 bits per heavy atom. The second kappa shape index (κ2) is 21.3. The number of allylic oxidation sites excluding steroid dienone is 27. The average molecular weight is 1130 g/mol. The zero-order chi connectivity index (χ0) is 57.6. The highest BCUT2D eigenvalue weighted by molar-refractivity contribution is 5.77. The van der Waals surface area contributed by atoms with Crippen molar-refractivity contribution < 1.29 is 22.3 Å². The van der Waals surface area contributed by atoms with Crippen LogP contribution in [-0.4, -0.2) is 12.3 Å². The van der Waals surface area contributed by atoms with Crippen LogP contribution in [0.25, 0.3) is 0 Å². The molecule has 0 spiro atoms. The van der Waals surface area contributed by atoms with Gasteiger partial charge in [-0.05, 0) is 175 Å². The lowest BCUT2D eigenvalue weighted by Gasteiger charge is -2.50. The molecule has 12 atom stereocenters. The fourth-order valence-corrected chi connectivity index (χ4v) is 17.1. The number of fused-ring (bicyclic) bond motifs is 8. The molecular weight excluding hydrogens is 1060 g/mol. The van der Waals surface area contributed by atoms with E-state index in [1.165, 1.54) is 45.6 Å². The molecule has 10 aliphatic carbocycles. The maximum absolute atomic E-state index is 16.9. The van der Waals surface area contributed by atoms with Gasteiger partial charge in [0.15, 0.2) is 0 Å². The van der Waals surface area contributed by atoms with E-state index < -0.39 is 35.2 Å². The smallest absolute Gasteiger partial charge is 0.150 e. The van der Waals surface area contributed by atoms with Crippen LogP contribution in [0.5, 0.6) is 5.75 Å². The zero-order valence-electron chi connectivity index (χ0n) is 47.6. The topological polar surface area (TPSA) is 15.7 Å². The van der Waals surface area contributed by atoms with Crippen molar-refractivity contribution >= 4 is 17.1 Å². The number of nitrogens with zero attached hydrogens (tertiary/aromatic N) is 2. The van der Waals surface area contributed by atoms with Crippen LogP contribution in [0.15, 0.2) is 289 Å². The van der Waals surface area contributed by atoms with Crippen LogP contribution in [0.3, 0.4) is 0 Å². The van der Waals surface area contributed by atoms with Gasteiger partial charge in [0, 0.05) is 75.3 Å². The number of ether oxygens (including phenoxy) is 1. The predicted octanol–water partition coefficient (Wildman–Crippen LogP) is 19.6. The van der Waals surface area contributed by atoms with Crippen molar-refractivity contribution in [3.63, 3.8) is 0 Å². The molecule has 0 saturated carbocycles. The molecule has 11 aliphatic rings. The minimum absolute atomic E-state index is 0.0139. The van der Waals surface area contributed by atoms with E-state index in [4.69, 9.17) is 4.74 Å². The second-order valence-electron chi connectivity index (χ2n) is 24.8. The summed E-state index contributed by atoms with van der Waals surface area (Å²) in [4.78, 5) is 3.92. The van der Waals surface area contributed by atoms with Crippen molar-refractivity contribution in [1.82, 2.24) is 0 Å². The molecule has 15 rings (SSSR count). The van der Waals surface area contributed by atoms with Gasteiger partial charge in [-0.2, -0.15) is 0 Å². The van der Waals surface area contributed by atoms with Gasteiger partial charge in [-0.15, -0.1) is 6.58 Å². The highest BCUT2D eigenvalue weighted by Crippen LogP contribution is 2.67. The minimum atomic E-state index is -1.45. The lowest BCUT2D eigenvalue weighted by Crippen LogP contribution is -2.44. The molecule has 1 heterocycles. The van der Waals surface area contributed by atoms with E-state index in [-0.39, 0.29) is 64.6 Å². The summed E-state index contributed by atoms with van der Waals surface area (Å²) >= 11 is 0. The number of halogens is 4. The molecule has 0 bridgehead atoms. The minimum Gasteiger partial charge on any atom is -0.485 e. The van der Waals surface area contributed by atoms with E-state index in [0.29, 0.717) is 23.1 Å². The molecule has 0 fully saturated rings. The van der Waals surface area contributed by atoms with Crippen molar-refractivity contribution in [3.05, 3.63) is 323 Å². The third-order valence-electron chi connectivity index (χ3n) is 20.7. The van der Waals surface area contributed by atoms with Gasteiger partial charge in [0.25, 0.3) is 0 Å². The Kier molecular flexibility index (Phi) is 13.3. The van der Waals surface area contributed by atoms with Gasteiger partial charge < -0.3 is 14.5 Å². The summed E-state index contributed by atoms with van der Waals surface area (Å²) in [6.07, 6.45) is 56.7. The number of hydrogen-bond donors (Lipinski definition) is 0. The predicted molar refractivity (Wildman–Crippen MR) is 336 cm³/mol. The molecule has 424 valence electrons. The Morgan fingerprint density at radius 2 is 1.46 bits per heavy atom. The number of rotatable bonds is 12. The van der Waals surface area contributed by atoms with Gasteiger partial charge in [-0.25, -0.2) is 17.6 Å². The quantitative estimate of drug-likeness (QED) is 0.104. The first kappa shape index (κ1) is 53.3. The van der Waals surface area contributed by atoms with Gasteiger partial charge in [0.2, 0.25) is 0 Å². The van der Waals surface area contributed by atoms with E-state index in [9.17, 15) is 0 Å². The maximum Gasteiger partial charge on any atom is 0.150 e. The Morgan fingerprint density at radius 3 is 2.25 bits per heavy atom. The highest BCUT2D eigenvalue weighted by Gasteiger charge is 2.59. The Hall–Kier alpha value is -8.42. The van der Waals surface area contributed by atoms with Gasteiger partial charge in [0.05, 0.1) is 11.4 Å². The molecular formula is C78H68F4N2O. The van der Waals surface area contributed by atoms with Gasteiger partial charge in [-0.1, -0.05) is 163 Å². The fourth-order valence-electron chi connectivity index (χ4n) is 17.1. The Bertz CT molecular complexity index is 3960. The normalized spacial score (nSPS) is 31.4. The van der Waals surface area contributed by atoms with Crippen LogP contribution in [0, 0.1) is 52.6 Å². The molecule has 4 aromatic rings. The summed E-state index contributed by atoms with van der Waals surface area (Å²) in [6.45, 7) is 8.27. The summed E-state index contributed by atoms with van der Waals surface area (Å²) in [5.74, 6) is -0.398. The number of alkyl halides is 1. The fraction of sp³-hybridized carbons (Fsp3) is 0.256. The van der Waals surface area contributed by atoms with Crippen molar-refractivity contribution in [2.75, 3.05) is 9.80 Å².